The minimum absolute atomic E-state index is 0.00879. The number of amides is 1. The van der Waals surface area contributed by atoms with Crippen molar-refractivity contribution in [1.82, 2.24) is 14.7 Å². The average Bonchev–Trinajstić information content (AvgIpc) is 3.19. The Kier molecular flexibility index (Phi) is 4.34. The van der Waals surface area contributed by atoms with Gasteiger partial charge in [-0.3, -0.25) is 9.48 Å². The fraction of sp³-hybridized carbons (Fsp3) is 0.176. The van der Waals surface area contributed by atoms with E-state index >= 15 is 0 Å². The molecule has 112 valence electrons. The van der Waals surface area contributed by atoms with Crippen LogP contribution in [0.25, 0.3) is 0 Å². The molecule has 0 bridgehead atoms. The zero-order valence-corrected chi connectivity index (χ0v) is 13.2. The molecule has 0 saturated carbocycles. The molecule has 0 atom stereocenters. The summed E-state index contributed by atoms with van der Waals surface area (Å²) in [7, 11) is 1.81. The van der Waals surface area contributed by atoms with Crippen LogP contribution >= 0.6 is 11.3 Å². The molecule has 1 aromatic carbocycles. The first kappa shape index (κ1) is 14.5. The van der Waals surface area contributed by atoms with E-state index < -0.39 is 0 Å². The summed E-state index contributed by atoms with van der Waals surface area (Å²) < 4.78 is 1.79. The zero-order valence-electron chi connectivity index (χ0n) is 12.3. The molecule has 2 aromatic heterocycles. The summed E-state index contributed by atoms with van der Waals surface area (Å²) in [5, 5.41) is 8.36. The third-order valence-corrected chi connectivity index (χ3v) is 4.15. The topological polar surface area (TPSA) is 38.1 Å². The Morgan fingerprint density at radius 2 is 2.05 bits per heavy atom. The number of aromatic nitrogens is 2. The van der Waals surface area contributed by atoms with Gasteiger partial charge in [0.15, 0.2) is 0 Å². The van der Waals surface area contributed by atoms with Crippen molar-refractivity contribution in [2.75, 3.05) is 7.05 Å². The number of rotatable bonds is 5. The van der Waals surface area contributed by atoms with Crippen LogP contribution in [0.15, 0.2) is 59.6 Å². The van der Waals surface area contributed by atoms with Gasteiger partial charge in [-0.1, -0.05) is 30.3 Å². The molecule has 2 heterocycles. The van der Waals surface area contributed by atoms with Crippen LogP contribution in [0.1, 0.15) is 21.5 Å². The van der Waals surface area contributed by atoms with Crippen molar-refractivity contribution in [3.63, 3.8) is 0 Å². The van der Waals surface area contributed by atoms with E-state index in [0.29, 0.717) is 18.7 Å². The number of thiophene rings is 1. The Labute approximate surface area is 133 Å². The molecule has 0 fully saturated rings. The molecule has 4 nitrogen and oxygen atoms in total. The molecule has 5 heteroatoms. The van der Waals surface area contributed by atoms with Crippen LogP contribution in [0.3, 0.4) is 0 Å². The molecule has 0 unspecified atom stereocenters. The van der Waals surface area contributed by atoms with E-state index in [4.69, 9.17) is 0 Å². The predicted octanol–water partition coefficient (Wildman–Crippen LogP) is 3.27. The van der Waals surface area contributed by atoms with Crippen LogP contribution in [0, 0.1) is 0 Å². The molecular formula is C17H17N3OS. The van der Waals surface area contributed by atoms with Crippen LogP contribution in [-0.4, -0.2) is 27.6 Å². The van der Waals surface area contributed by atoms with Crippen molar-refractivity contribution < 1.29 is 4.79 Å². The molecule has 0 N–H and O–H groups in total. The van der Waals surface area contributed by atoms with E-state index in [1.165, 1.54) is 0 Å². The average molecular weight is 311 g/mol. The fourth-order valence-corrected chi connectivity index (χ4v) is 2.94. The van der Waals surface area contributed by atoms with E-state index in [0.717, 1.165) is 11.1 Å². The van der Waals surface area contributed by atoms with E-state index in [1.54, 1.807) is 33.3 Å². The fourth-order valence-electron chi connectivity index (χ4n) is 2.28. The van der Waals surface area contributed by atoms with Crippen LogP contribution in [0.5, 0.6) is 0 Å². The normalized spacial score (nSPS) is 10.6. The van der Waals surface area contributed by atoms with Crippen molar-refractivity contribution in [2.24, 2.45) is 0 Å². The number of benzene rings is 1. The maximum Gasteiger partial charge on any atom is 0.257 e. The number of hydrogen-bond donors (Lipinski definition) is 0. The lowest BCUT2D eigenvalue weighted by molar-refractivity contribution is 0.0785. The lowest BCUT2D eigenvalue weighted by atomic mass is 10.2. The van der Waals surface area contributed by atoms with Gasteiger partial charge in [0.25, 0.3) is 5.91 Å². The van der Waals surface area contributed by atoms with Gasteiger partial charge >= 0.3 is 0 Å². The minimum atomic E-state index is -0.00879. The Balaban J connectivity index is 1.66. The second-order valence-electron chi connectivity index (χ2n) is 5.21. The third-order valence-electron chi connectivity index (χ3n) is 3.41. The molecule has 0 radical (unpaired) electrons. The van der Waals surface area contributed by atoms with Crippen molar-refractivity contribution >= 4 is 17.2 Å². The maximum absolute atomic E-state index is 12.4. The van der Waals surface area contributed by atoms with E-state index in [-0.39, 0.29) is 5.91 Å². The summed E-state index contributed by atoms with van der Waals surface area (Å²) in [6.45, 7) is 1.29. The molecule has 3 rings (SSSR count). The van der Waals surface area contributed by atoms with E-state index in [2.05, 4.69) is 10.5 Å². The molecule has 0 aliphatic heterocycles. The Morgan fingerprint density at radius 1 is 1.23 bits per heavy atom. The number of carbonyl (C=O) groups is 1. The Hall–Kier alpha value is -2.40. The summed E-state index contributed by atoms with van der Waals surface area (Å²) in [5.74, 6) is -0.00879. The highest BCUT2D eigenvalue weighted by Crippen LogP contribution is 2.11. The summed E-state index contributed by atoms with van der Waals surface area (Å²) in [6.07, 6.45) is 3.44. The first-order valence-electron chi connectivity index (χ1n) is 7.05. The lowest BCUT2D eigenvalue weighted by Gasteiger charge is -2.15. The molecule has 0 saturated heterocycles. The highest BCUT2D eigenvalue weighted by atomic mass is 32.1. The summed E-state index contributed by atoms with van der Waals surface area (Å²) in [6, 6.07) is 12.1. The number of nitrogens with zero attached hydrogens (tertiary/aromatic N) is 3. The van der Waals surface area contributed by atoms with Crippen molar-refractivity contribution in [3.05, 3.63) is 76.2 Å². The maximum atomic E-state index is 12.4. The third kappa shape index (κ3) is 3.43. The number of hydrogen-bond acceptors (Lipinski definition) is 3. The molecule has 22 heavy (non-hydrogen) atoms. The molecule has 0 aliphatic rings. The quantitative estimate of drug-likeness (QED) is 0.725. The first-order valence-corrected chi connectivity index (χ1v) is 7.99. The van der Waals surface area contributed by atoms with Gasteiger partial charge in [0.1, 0.15) is 0 Å². The van der Waals surface area contributed by atoms with Gasteiger partial charge in [0.05, 0.1) is 18.3 Å². The van der Waals surface area contributed by atoms with Gasteiger partial charge in [-0.25, -0.2) is 0 Å². The molecule has 1 amide bonds. The van der Waals surface area contributed by atoms with Gasteiger partial charge in [-0.15, -0.1) is 0 Å². The molecular weight excluding hydrogens is 294 g/mol. The largest absolute Gasteiger partial charge is 0.337 e. The predicted molar refractivity (Wildman–Crippen MR) is 87.9 cm³/mol. The summed E-state index contributed by atoms with van der Waals surface area (Å²) >= 11 is 1.64. The van der Waals surface area contributed by atoms with Crippen LogP contribution in [0.4, 0.5) is 0 Å². The van der Waals surface area contributed by atoms with E-state index in [1.807, 2.05) is 48.8 Å². The minimum Gasteiger partial charge on any atom is -0.337 e. The first-order chi connectivity index (χ1) is 10.7. The lowest BCUT2D eigenvalue weighted by Crippen LogP contribution is -2.25. The second kappa shape index (κ2) is 6.58. The van der Waals surface area contributed by atoms with Crippen molar-refractivity contribution in [2.45, 2.75) is 13.1 Å². The SMILES string of the molecule is CN(Cc1ccsc1)C(=O)c1cnn(Cc2ccccc2)c1. The Morgan fingerprint density at radius 3 is 2.77 bits per heavy atom. The second-order valence-corrected chi connectivity index (χ2v) is 5.99. The molecule has 3 aromatic rings. The monoisotopic (exact) mass is 311 g/mol. The van der Waals surface area contributed by atoms with Crippen molar-refractivity contribution in [1.29, 1.82) is 0 Å². The molecule has 0 spiro atoms. The van der Waals surface area contributed by atoms with Gasteiger partial charge < -0.3 is 4.90 Å². The van der Waals surface area contributed by atoms with E-state index in [9.17, 15) is 4.79 Å². The zero-order chi connectivity index (χ0) is 15.4. The highest BCUT2D eigenvalue weighted by Gasteiger charge is 2.14. The standard InChI is InChI=1S/C17H17N3OS/c1-19(10-15-7-8-22-13-15)17(21)16-9-18-20(12-16)11-14-5-3-2-4-6-14/h2-9,12-13H,10-11H2,1H3. The summed E-state index contributed by atoms with van der Waals surface area (Å²) in [4.78, 5) is 14.1. The van der Waals surface area contributed by atoms with Gasteiger partial charge in [-0.2, -0.15) is 16.4 Å². The van der Waals surface area contributed by atoms with Gasteiger partial charge in [0, 0.05) is 19.8 Å². The van der Waals surface area contributed by atoms with Crippen LogP contribution < -0.4 is 0 Å². The smallest absolute Gasteiger partial charge is 0.257 e. The Bertz CT molecular complexity index is 734. The van der Waals surface area contributed by atoms with Crippen LogP contribution in [0.2, 0.25) is 0 Å². The number of carbonyl (C=O) groups excluding carboxylic acids is 1. The van der Waals surface area contributed by atoms with Crippen molar-refractivity contribution in [3.8, 4) is 0 Å². The molecule has 0 aliphatic carbocycles. The summed E-state index contributed by atoms with van der Waals surface area (Å²) in [5.41, 5.74) is 2.93. The highest BCUT2D eigenvalue weighted by molar-refractivity contribution is 7.07. The van der Waals surface area contributed by atoms with Gasteiger partial charge in [-0.05, 0) is 28.0 Å². The van der Waals surface area contributed by atoms with Gasteiger partial charge in [0.2, 0.25) is 0 Å². The van der Waals surface area contributed by atoms with Crippen LogP contribution in [-0.2, 0) is 13.1 Å².